The third kappa shape index (κ3) is 6.40. The number of hydrogen-bond donors (Lipinski definition) is 2. The highest BCUT2D eigenvalue weighted by molar-refractivity contribution is 5.77. The number of ether oxygens (including phenoxy) is 1. The van der Waals surface area contributed by atoms with E-state index in [1.807, 2.05) is 4.90 Å². The predicted molar refractivity (Wildman–Crippen MR) is 75.1 cm³/mol. The maximum Gasteiger partial charge on any atom is 0.219 e. The number of aliphatic imine (C=N–C) groups is 1. The van der Waals surface area contributed by atoms with E-state index in [1.165, 1.54) is 0 Å². The molecule has 0 spiro atoms. The molecule has 0 unspecified atom stereocenters. The van der Waals surface area contributed by atoms with E-state index < -0.39 is 0 Å². The molecule has 1 rings (SSSR count). The summed E-state index contributed by atoms with van der Waals surface area (Å²) in [5, 5.41) is 2.97. The summed E-state index contributed by atoms with van der Waals surface area (Å²) in [5.74, 6) is 0.615. The van der Waals surface area contributed by atoms with Gasteiger partial charge in [-0.1, -0.05) is 0 Å². The number of piperazine rings is 1. The summed E-state index contributed by atoms with van der Waals surface area (Å²) in [5.41, 5.74) is 5.70. The summed E-state index contributed by atoms with van der Waals surface area (Å²) in [6, 6.07) is 0. The number of amides is 1. The molecule has 1 fully saturated rings. The van der Waals surface area contributed by atoms with Gasteiger partial charge in [-0.3, -0.25) is 14.7 Å². The van der Waals surface area contributed by atoms with Crippen LogP contribution in [0.15, 0.2) is 4.99 Å². The van der Waals surface area contributed by atoms with Crippen LogP contribution in [0.25, 0.3) is 0 Å². The topological polar surface area (TPSA) is 83.2 Å². The molecule has 1 heterocycles. The highest BCUT2D eigenvalue weighted by atomic mass is 16.5. The van der Waals surface area contributed by atoms with Crippen LogP contribution >= 0.6 is 0 Å². The van der Waals surface area contributed by atoms with Crippen molar-refractivity contribution in [2.45, 2.75) is 6.92 Å². The molecule has 19 heavy (non-hydrogen) atoms. The zero-order valence-electron chi connectivity index (χ0n) is 11.9. The van der Waals surface area contributed by atoms with Gasteiger partial charge in [-0.2, -0.15) is 0 Å². The lowest BCUT2D eigenvalue weighted by molar-refractivity contribution is -0.130. The monoisotopic (exact) mass is 271 g/mol. The lowest BCUT2D eigenvalue weighted by Gasteiger charge is -2.33. The molecule has 1 amide bonds. The molecule has 0 aromatic rings. The number of hydrogen-bond acceptors (Lipinski definition) is 4. The van der Waals surface area contributed by atoms with Crippen molar-refractivity contribution in [1.82, 2.24) is 15.1 Å². The first-order valence-electron chi connectivity index (χ1n) is 6.64. The molecule has 0 aromatic carbocycles. The molecule has 110 valence electrons. The Morgan fingerprint density at radius 2 is 2.05 bits per heavy atom. The Kier molecular flexibility index (Phi) is 7.20. The first-order chi connectivity index (χ1) is 9.13. The standard InChI is InChI=1S/C12H25N5O2/c1-11(18)17-8-6-16(7-9-17)5-3-14-12(13)15-4-10-19-2/h3-10H2,1-2H3,(H3,13,14,15). The summed E-state index contributed by atoms with van der Waals surface area (Å²) in [4.78, 5) is 19.6. The van der Waals surface area contributed by atoms with Gasteiger partial charge in [-0.25, -0.2) is 0 Å². The van der Waals surface area contributed by atoms with Crippen molar-refractivity contribution in [3.63, 3.8) is 0 Å². The van der Waals surface area contributed by atoms with Crippen molar-refractivity contribution in [3.05, 3.63) is 0 Å². The number of nitrogens with one attached hydrogen (secondary N) is 1. The van der Waals surface area contributed by atoms with Crippen LogP contribution in [0, 0.1) is 0 Å². The lowest BCUT2D eigenvalue weighted by atomic mass is 10.3. The first kappa shape index (κ1) is 15.7. The molecule has 0 radical (unpaired) electrons. The van der Waals surface area contributed by atoms with Gasteiger partial charge < -0.3 is 20.7 Å². The van der Waals surface area contributed by atoms with E-state index in [2.05, 4.69) is 15.2 Å². The van der Waals surface area contributed by atoms with Gasteiger partial charge in [0.1, 0.15) is 0 Å². The van der Waals surface area contributed by atoms with Crippen LogP contribution < -0.4 is 11.1 Å². The summed E-state index contributed by atoms with van der Waals surface area (Å²) in [6.45, 7) is 7.88. The molecule has 1 aliphatic rings. The summed E-state index contributed by atoms with van der Waals surface area (Å²) < 4.78 is 4.91. The number of carbonyl (C=O) groups is 1. The fourth-order valence-electron chi connectivity index (χ4n) is 1.94. The Hall–Kier alpha value is -1.34. The van der Waals surface area contributed by atoms with Crippen molar-refractivity contribution in [2.24, 2.45) is 10.7 Å². The van der Waals surface area contributed by atoms with E-state index in [9.17, 15) is 4.79 Å². The second-order valence-corrected chi connectivity index (χ2v) is 4.53. The second-order valence-electron chi connectivity index (χ2n) is 4.53. The molecule has 0 aliphatic carbocycles. The van der Waals surface area contributed by atoms with Gasteiger partial charge in [0.15, 0.2) is 5.96 Å². The third-order valence-electron chi connectivity index (χ3n) is 3.13. The predicted octanol–water partition coefficient (Wildman–Crippen LogP) is -1.30. The molecule has 0 bridgehead atoms. The third-order valence-corrected chi connectivity index (χ3v) is 3.13. The molecular weight excluding hydrogens is 246 g/mol. The van der Waals surface area contributed by atoms with Crippen molar-refractivity contribution >= 4 is 11.9 Å². The number of methoxy groups -OCH3 is 1. The van der Waals surface area contributed by atoms with E-state index in [0.29, 0.717) is 25.7 Å². The van der Waals surface area contributed by atoms with Crippen molar-refractivity contribution in [3.8, 4) is 0 Å². The van der Waals surface area contributed by atoms with Gasteiger partial charge in [0, 0.05) is 53.3 Å². The van der Waals surface area contributed by atoms with Crippen LogP contribution in [0.4, 0.5) is 0 Å². The van der Waals surface area contributed by atoms with E-state index >= 15 is 0 Å². The molecule has 3 N–H and O–H groups in total. The molecule has 1 aliphatic heterocycles. The SMILES string of the molecule is COCCNC(N)=NCCN1CCN(C(C)=O)CC1. The second kappa shape index (κ2) is 8.71. The minimum Gasteiger partial charge on any atom is -0.383 e. The van der Waals surface area contributed by atoms with Gasteiger partial charge in [-0.15, -0.1) is 0 Å². The Morgan fingerprint density at radius 1 is 1.37 bits per heavy atom. The fraction of sp³-hybridized carbons (Fsp3) is 0.833. The normalized spacial score (nSPS) is 17.6. The van der Waals surface area contributed by atoms with Crippen LogP contribution in [0.3, 0.4) is 0 Å². The minimum absolute atomic E-state index is 0.157. The largest absolute Gasteiger partial charge is 0.383 e. The number of guanidine groups is 1. The Labute approximate surface area is 114 Å². The van der Waals surface area contributed by atoms with E-state index in [-0.39, 0.29) is 5.91 Å². The maximum atomic E-state index is 11.2. The molecule has 0 atom stereocenters. The number of carbonyl (C=O) groups excluding carboxylic acids is 1. The van der Waals surface area contributed by atoms with Gasteiger partial charge >= 0.3 is 0 Å². The number of rotatable bonds is 6. The summed E-state index contributed by atoms with van der Waals surface area (Å²) in [7, 11) is 1.65. The van der Waals surface area contributed by atoms with Crippen molar-refractivity contribution < 1.29 is 9.53 Å². The minimum atomic E-state index is 0.157. The zero-order chi connectivity index (χ0) is 14.1. The molecule has 7 nitrogen and oxygen atoms in total. The van der Waals surface area contributed by atoms with E-state index in [1.54, 1.807) is 14.0 Å². The maximum absolute atomic E-state index is 11.2. The molecule has 0 aromatic heterocycles. The summed E-state index contributed by atoms with van der Waals surface area (Å²) >= 11 is 0. The molecule has 0 saturated carbocycles. The molecular formula is C12H25N5O2. The fourth-order valence-corrected chi connectivity index (χ4v) is 1.94. The van der Waals surface area contributed by atoms with Gasteiger partial charge in [-0.05, 0) is 0 Å². The van der Waals surface area contributed by atoms with Crippen LogP contribution in [-0.4, -0.2) is 81.2 Å². The quantitative estimate of drug-likeness (QED) is 0.356. The van der Waals surface area contributed by atoms with E-state index in [4.69, 9.17) is 10.5 Å². The Balaban J connectivity index is 2.13. The number of nitrogens with zero attached hydrogens (tertiary/aromatic N) is 3. The van der Waals surface area contributed by atoms with Crippen LogP contribution in [0.2, 0.25) is 0 Å². The van der Waals surface area contributed by atoms with Gasteiger partial charge in [0.25, 0.3) is 0 Å². The zero-order valence-corrected chi connectivity index (χ0v) is 11.9. The van der Waals surface area contributed by atoms with Gasteiger partial charge in [0.2, 0.25) is 5.91 Å². The average molecular weight is 271 g/mol. The lowest BCUT2D eigenvalue weighted by Crippen LogP contribution is -2.48. The van der Waals surface area contributed by atoms with Crippen molar-refractivity contribution in [1.29, 1.82) is 0 Å². The average Bonchev–Trinajstić information content (AvgIpc) is 2.39. The Morgan fingerprint density at radius 3 is 2.63 bits per heavy atom. The summed E-state index contributed by atoms with van der Waals surface area (Å²) in [6.07, 6.45) is 0. The van der Waals surface area contributed by atoms with Gasteiger partial charge in [0.05, 0.1) is 13.2 Å². The van der Waals surface area contributed by atoms with Crippen molar-refractivity contribution in [2.75, 3.05) is 59.5 Å². The molecule has 7 heteroatoms. The van der Waals surface area contributed by atoms with Crippen LogP contribution in [0.1, 0.15) is 6.92 Å². The van der Waals surface area contributed by atoms with Crippen LogP contribution in [-0.2, 0) is 9.53 Å². The highest BCUT2D eigenvalue weighted by Crippen LogP contribution is 2.01. The smallest absolute Gasteiger partial charge is 0.219 e. The number of nitrogens with two attached hydrogens (primary N) is 1. The highest BCUT2D eigenvalue weighted by Gasteiger charge is 2.17. The van der Waals surface area contributed by atoms with Crippen LogP contribution in [0.5, 0.6) is 0 Å². The first-order valence-corrected chi connectivity index (χ1v) is 6.64. The van der Waals surface area contributed by atoms with E-state index in [0.717, 1.165) is 32.7 Å². The Bertz CT molecular complexity index is 300. The molecule has 1 saturated heterocycles.